The first kappa shape index (κ1) is 34.3. The second-order valence-corrected chi connectivity index (χ2v) is 11.8. The molecule has 1 rings (SSSR count). The fourth-order valence-electron chi connectivity index (χ4n) is 4.43. The van der Waals surface area contributed by atoms with E-state index in [9.17, 15) is 19.5 Å². The van der Waals surface area contributed by atoms with Gasteiger partial charge in [-0.25, -0.2) is 4.79 Å². The number of para-hydroxylation sites is 1. The second-order valence-electron chi connectivity index (χ2n) is 11.8. The number of alkyl carbamates (subject to hydrolysis) is 1. The summed E-state index contributed by atoms with van der Waals surface area (Å²) in [7, 11) is 0. The van der Waals surface area contributed by atoms with Gasteiger partial charge in [0.05, 0.1) is 0 Å². The fourth-order valence-corrected chi connectivity index (χ4v) is 4.43. The lowest BCUT2D eigenvalue weighted by molar-refractivity contribution is -0.143. The van der Waals surface area contributed by atoms with Gasteiger partial charge in [0.25, 0.3) is 0 Å². The van der Waals surface area contributed by atoms with E-state index in [2.05, 4.69) is 17.6 Å². The molecule has 1 aromatic rings. The van der Waals surface area contributed by atoms with E-state index in [1.165, 1.54) is 0 Å². The van der Waals surface area contributed by atoms with Gasteiger partial charge in [-0.15, -0.1) is 0 Å². The molecular formula is C31H53N3O5. The summed E-state index contributed by atoms with van der Waals surface area (Å²) in [5.41, 5.74) is 0.287. The Morgan fingerprint density at radius 2 is 1.64 bits per heavy atom. The van der Waals surface area contributed by atoms with E-state index in [1.54, 1.807) is 50.8 Å². The Morgan fingerprint density at radius 1 is 1.00 bits per heavy atom. The standard InChI is InChI=1S/C31H53N3O5/c1-9-11-13-14-15-20-34(29(37)25(21-22(3)4)33-30(38)39-31(6,7)8)26(28(36)32-19-12-10-2)24-18-16-17-23(5)27(24)35/h16-18,22,25-26,35H,9-15,19-21H2,1-8H3,(H,32,36)(H,33,38). The van der Waals surface area contributed by atoms with Crippen molar-refractivity contribution in [3.8, 4) is 5.75 Å². The van der Waals surface area contributed by atoms with Crippen LogP contribution in [0.4, 0.5) is 4.79 Å². The van der Waals surface area contributed by atoms with E-state index in [4.69, 9.17) is 4.74 Å². The number of amides is 3. The predicted octanol–water partition coefficient (Wildman–Crippen LogP) is 6.40. The van der Waals surface area contributed by atoms with Crippen LogP contribution in [0.25, 0.3) is 0 Å². The van der Waals surface area contributed by atoms with Crippen LogP contribution in [0.1, 0.15) is 117 Å². The molecule has 39 heavy (non-hydrogen) atoms. The summed E-state index contributed by atoms with van der Waals surface area (Å²) >= 11 is 0. The van der Waals surface area contributed by atoms with Crippen LogP contribution >= 0.6 is 0 Å². The van der Waals surface area contributed by atoms with Crippen molar-refractivity contribution in [3.05, 3.63) is 29.3 Å². The van der Waals surface area contributed by atoms with E-state index in [-0.39, 0.29) is 23.5 Å². The van der Waals surface area contributed by atoms with Gasteiger partial charge in [0.2, 0.25) is 11.8 Å². The maximum Gasteiger partial charge on any atom is 0.408 e. The van der Waals surface area contributed by atoms with Crippen molar-refractivity contribution < 1.29 is 24.2 Å². The molecule has 1 aromatic carbocycles. The molecule has 0 aliphatic rings. The highest BCUT2D eigenvalue weighted by Crippen LogP contribution is 2.33. The highest BCUT2D eigenvalue weighted by Gasteiger charge is 2.37. The number of carbonyl (C=O) groups excluding carboxylic acids is 3. The molecule has 0 bridgehead atoms. The number of unbranched alkanes of at least 4 members (excludes halogenated alkanes) is 5. The zero-order valence-corrected chi connectivity index (χ0v) is 25.6. The topological polar surface area (TPSA) is 108 Å². The molecule has 0 saturated carbocycles. The van der Waals surface area contributed by atoms with Crippen molar-refractivity contribution >= 4 is 17.9 Å². The number of phenolic OH excluding ortho intramolecular Hbond substituents is 1. The number of phenols is 1. The van der Waals surface area contributed by atoms with Crippen LogP contribution in [-0.2, 0) is 14.3 Å². The monoisotopic (exact) mass is 547 g/mol. The number of carbonyl (C=O) groups is 3. The molecule has 0 saturated heterocycles. The minimum atomic E-state index is -1.03. The van der Waals surface area contributed by atoms with Gasteiger partial charge in [-0.3, -0.25) is 9.59 Å². The van der Waals surface area contributed by atoms with Crippen LogP contribution in [-0.4, -0.2) is 52.6 Å². The first-order valence-electron chi connectivity index (χ1n) is 14.7. The van der Waals surface area contributed by atoms with Crippen molar-refractivity contribution in [1.82, 2.24) is 15.5 Å². The molecule has 0 aliphatic carbocycles. The largest absolute Gasteiger partial charge is 0.507 e. The third-order valence-electron chi connectivity index (χ3n) is 6.43. The molecule has 2 unspecified atom stereocenters. The normalized spacial score (nSPS) is 13.1. The van der Waals surface area contributed by atoms with E-state index < -0.39 is 23.8 Å². The molecule has 8 heteroatoms. The number of ether oxygens (including phenoxy) is 1. The molecule has 0 aliphatic heterocycles. The van der Waals surface area contributed by atoms with Gasteiger partial charge >= 0.3 is 6.09 Å². The summed E-state index contributed by atoms with van der Waals surface area (Å²) in [6.07, 6.45) is 6.28. The highest BCUT2D eigenvalue weighted by atomic mass is 16.6. The van der Waals surface area contributed by atoms with Gasteiger partial charge in [0, 0.05) is 18.7 Å². The van der Waals surface area contributed by atoms with Crippen molar-refractivity contribution in [2.45, 2.75) is 124 Å². The second kappa shape index (κ2) is 17.0. The van der Waals surface area contributed by atoms with Crippen LogP contribution in [0.15, 0.2) is 18.2 Å². The Kier molecular flexibility index (Phi) is 15.0. The lowest BCUT2D eigenvalue weighted by Gasteiger charge is -2.35. The Morgan fingerprint density at radius 3 is 2.23 bits per heavy atom. The fraction of sp³-hybridized carbons (Fsp3) is 0.710. The summed E-state index contributed by atoms with van der Waals surface area (Å²) in [6, 6.07) is 3.34. The predicted molar refractivity (Wildman–Crippen MR) is 157 cm³/mol. The molecule has 222 valence electrons. The smallest absolute Gasteiger partial charge is 0.408 e. The Hall–Kier alpha value is -2.77. The average Bonchev–Trinajstić information content (AvgIpc) is 2.83. The zero-order valence-electron chi connectivity index (χ0n) is 25.6. The van der Waals surface area contributed by atoms with E-state index in [0.717, 1.165) is 38.5 Å². The summed E-state index contributed by atoms with van der Waals surface area (Å²) in [5, 5.41) is 16.8. The summed E-state index contributed by atoms with van der Waals surface area (Å²) in [4.78, 5) is 42.2. The van der Waals surface area contributed by atoms with Crippen LogP contribution in [0.2, 0.25) is 0 Å². The number of hydrogen-bond acceptors (Lipinski definition) is 5. The molecule has 0 heterocycles. The molecule has 2 atom stereocenters. The third-order valence-corrected chi connectivity index (χ3v) is 6.43. The first-order chi connectivity index (χ1) is 18.3. The number of hydrogen-bond donors (Lipinski definition) is 3. The van der Waals surface area contributed by atoms with Gasteiger partial charge in [-0.2, -0.15) is 0 Å². The van der Waals surface area contributed by atoms with Gasteiger partial charge < -0.3 is 25.4 Å². The number of aromatic hydroxyl groups is 1. The van der Waals surface area contributed by atoms with Crippen molar-refractivity contribution in [3.63, 3.8) is 0 Å². The lowest BCUT2D eigenvalue weighted by Crippen LogP contribution is -2.53. The van der Waals surface area contributed by atoms with Crippen molar-refractivity contribution in [1.29, 1.82) is 0 Å². The Labute approximate surface area is 236 Å². The molecule has 0 radical (unpaired) electrons. The molecule has 3 amide bonds. The quantitative estimate of drug-likeness (QED) is 0.208. The zero-order chi connectivity index (χ0) is 29.6. The minimum absolute atomic E-state index is 0.00237. The molecule has 0 fully saturated rings. The Bertz CT molecular complexity index is 910. The summed E-state index contributed by atoms with van der Waals surface area (Å²) < 4.78 is 5.46. The number of rotatable bonds is 16. The molecule has 8 nitrogen and oxygen atoms in total. The maximum atomic E-state index is 14.2. The average molecular weight is 548 g/mol. The van der Waals surface area contributed by atoms with Crippen LogP contribution in [0.3, 0.4) is 0 Å². The first-order valence-corrected chi connectivity index (χ1v) is 14.7. The van der Waals surface area contributed by atoms with Crippen LogP contribution < -0.4 is 10.6 Å². The molecule has 0 aromatic heterocycles. The van der Waals surface area contributed by atoms with Gasteiger partial charge in [0.15, 0.2) is 0 Å². The van der Waals surface area contributed by atoms with Gasteiger partial charge in [-0.05, 0) is 58.4 Å². The summed E-state index contributed by atoms with van der Waals surface area (Å²) in [6.45, 7) is 16.0. The number of aryl methyl sites for hydroxylation is 1. The van der Waals surface area contributed by atoms with Gasteiger partial charge in [-0.1, -0.05) is 78.0 Å². The molecule has 3 N–H and O–H groups in total. The summed E-state index contributed by atoms with van der Waals surface area (Å²) in [5.74, 6) is -0.602. The number of nitrogens with zero attached hydrogens (tertiary/aromatic N) is 1. The third kappa shape index (κ3) is 12.3. The van der Waals surface area contributed by atoms with E-state index in [1.807, 2.05) is 20.8 Å². The van der Waals surface area contributed by atoms with Crippen LogP contribution in [0, 0.1) is 12.8 Å². The van der Waals surface area contributed by atoms with Gasteiger partial charge in [0.1, 0.15) is 23.4 Å². The van der Waals surface area contributed by atoms with E-state index in [0.29, 0.717) is 37.1 Å². The van der Waals surface area contributed by atoms with Crippen molar-refractivity contribution in [2.75, 3.05) is 13.1 Å². The van der Waals surface area contributed by atoms with Crippen LogP contribution in [0.5, 0.6) is 5.75 Å². The number of nitrogens with one attached hydrogen (secondary N) is 2. The SMILES string of the molecule is CCCCCCCN(C(=O)C(CC(C)C)NC(=O)OC(C)(C)C)C(C(=O)NCCCC)c1cccc(C)c1O. The molecular weight excluding hydrogens is 494 g/mol. The Balaban J connectivity index is 3.52. The highest BCUT2D eigenvalue weighted by molar-refractivity contribution is 5.92. The molecule has 0 spiro atoms. The maximum absolute atomic E-state index is 14.2. The van der Waals surface area contributed by atoms with Crippen molar-refractivity contribution in [2.24, 2.45) is 5.92 Å². The minimum Gasteiger partial charge on any atom is -0.507 e. The lowest BCUT2D eigenvalue weighted by atomic mass is 9.97. The van der Waals surface area contributed by atoms with E-state index >= 15 is 0 Å². The number of benzene rings is 1.